The molecule has 138 valence electrons. The molecule has 3 rings (SSSR count). The van der Waals surface area contributed by atoms with Gasteiger partial charge in [-0.2, -0.15) is 5.26 Å². The predicted octanol–water partition coefficient (Wildman–Crippen LogP) is 4.09. The lowest BCUT2D eigenvalue weighted by atomic mass is 10.1. The van der Waals surface area contributed by atoms with E-state index < -0.39 is 28.8 Å². The topological polar surface area (TPSA) is 63.7 Å². The van der Waals surface area contributed by atoms with E-state index in [9.17, 15) is 13.2 Å². The molecule has 0 aliphatic heterocycles. The van der Waals surface area contributed by atoms with Crippen LogP contribution in [0.2, 0.25) is 0 Å². The smallest absolute Gasteiger partial charge is 0.192 e. The molecule has 0 unspecified atom stereocenters. The Balaban J connectivity index is 1.96. The quantitative estimate of drug-likeness (QED) is 0.692. The monoisotopic (exact) mass is 372 g/mol. The van der Waals surface area contributed by atoms with Crippen molar-refractivity contribution in [2.45, 2.75) is 19.4 Å². The fourth-order valence-corrected chi connectivity index (χ4v) is 2.73. The van der Waals surface area contributed by atoms with Crippen molar-refractivity contribution in [2.24, 2.45) is 7.05 Å². The zero-order valence-corrected chi connectivity index (χ0v) is 14.8. The molecule has 0 spiro atoms. The van der Waals surface area contributed by atoms with E-state index in [4.69, 9.17) is 10.00 Å². The van der Waals surface area contributed by atoms with Crippen LogP contribution >= 0.6 is 0 Å². The highest BCUT2D eigenvalue weighted by Gasteiger charge is 2.32. The van der Waals surface area contributed by atoms with Crippen molar-refractivity contribution < 1.29 is 17.9 Å². The van der Waals surface area contributed by atoms with Gasteiger partial charge in [0.1, 0.15) is 5.82 Å². The number of rotatable bonds is 4. The third-order valence-corrected chi connectivity index (χ3v) is 4.01. The van der Waals surface area contributed by atoms with Gasteiger partial charge >= 0.3 is 0 Å². The van der Waals surface area contributed by atoms with Crippen LogP contribution in [0.4, 0.5) is 13.2 Å². The van der Waals surface area contributed by atoms with Crippen LogP contribution in [-0.2, 0) is 12.6 Å². The molecule has 0 aliphatic rings. The Bertz CT molecular complexity index is 1010. The summed E-state index contributed by atoms with van der Waals surface area (Å²) in [6, 6.07) is 9.87. The average Bonchev–Trinajstić information content (AvgIpc) is 3.00. The molecule has 1 heterocycles. The van der Waals surface area contributed by atoms with Gasteiger partial charge < -0.3 is 9.30 Å². The van der Waals surface area contributed by atoms with Crippen LogP contribution in [0, 0.1) is 28.8 Å². The molecular formula is C19H15F3N4O. The Hall–Kier alpha value is -3.34. The van der Waals surface area contributed by atoms with Crippen molar-refractivity contribution in [3.8, 4) is 23.2 Å². The van der Waals surface area contributed by atoms with Crippen molar-refractivity contribution >= 4 is 0 Å². The summed E-state index contributed by atoms with van der Waals surface area (Å²) < 4.78 is 48.1. The van der Waals surface area contributed by atoms with Crippen LogP contribution in [0.3, 0.4) is 0 Å². The van der Waals surface area contributed by atoms with Crippen molar-refractivity contribution in [1.82, 2.24) is 14.8 Å². The normalized spacial score (nSPS) is 11.3. The van der Waals surface area contributed by atoms with E-state index in [0.717, 1.165) is 0 Å². The largest absolute Gasteiger partial charge is 0.474 e. The zero-order chi connectivity index (χ0) is 19.8. The summed E-state index contributed by atoms with van der Waals surface area (Å²) in [6.07, 6.45) is 0. The summed E-state index contributed by atoms with van der Waals surface area (Å²) in [5.41, 5.74) is -0.0381. The first kappa shape index (κ1) is 18.5. The van der Waals surface area contributed by atoms with Crippen LogP contribution in [0.25, 0.3) is 11.4 Å². The van der Waals surface area contributed by atoms with Gasteiger partial charge in [-0.05, 0) is 38.1 Å². The highest BCUT2D eigenvalue weighted by atomic mass is 19.1. The number of benzene rings is 2. The summed E-state index contributed by atoms with van der Waals surface area (Å²) in [5.74, 6) is -3.21. The Morgan fingerprint density at radius 3 is 2.19 bits per heavy atom. The van der Waals surface area contributed by atoms with Crippen LogP contribution in [0.1, 0.15) is 25.2 Å². The SMILES string of the molecule is Cn1c(-c2ccc(C#N)cc2)nnc1C(C)(C)Oc1c(F)cc(F)cc1F. The van der Waals surface area contributed by atoms with Crippen LogP contribution in [0.15, 0.2) is 36.4 Å². The van der Waals surface area contributed by atoms with Gasteiger partial charge in [-0.25, -0.2) is 13.2 Å². The van der Waals surface area contributed by atoms with Crippen molar-refractivity contribution in [3.05, 3.63) is 65.2 Å². The average molecular weight is 372 g/mol. The Morgan fingerprint density at radius 2 is 1.63 bits per heavy atom. The number of hydrogen-bond acceptors (Lipinski definition) is 4. The molecular weight excluding hydrogens is 357 g/mol. The molecule has 0 aliphatic carbocycles. The minimum Gasteiger partial charge on any atom is -0.474 e. The second kappa shape index (κ2) is 6.76. The molecule has 0 N–H and O–H groups in total. The molecule has 27 heavy (non-hydrogen) atoms. The zero-order valence-electron chi connectivity index (χ0n) is 14.8. The fraction of sp³-hybridized carbons (Fsp3) is 0.211. The lowest BCUT2D eigenvalue weighted by Gasteiger charge is -2.26. The number of halogens is 3. The van der Waals surface area contributed by atoms with Gasteiger partial charge in [0.15, 0.2) is 34.6 Å². The molecule has 0 atom stereocenters. The highest BCUT2D eigenvalue weighted by Crippen LogP contribution is 2.32. The van der Waals surface area contributed by atoms with Crippen molar-refractivity contribution in [1.29, 1.82) is 5.26 Å². The van der Waals surface area contributed by atoms with Gasteiger partial charge in [0.25, 0.3) is 0 Å². The fourth-order valence-electron chi connectivity index (χ4n) is 2.73. The molecule has 8 heteroatoms. The maximum atomic E-state index is 13.9. The standard InChI is InChI=1S/C19H15F3N4O/c1-19(2,27-16-14(21)8-13(20)9-15(16)22)18-25-24-17(26(18)3)12-6-4-11(10-23)5-7-12/h4-9H,1-3H3. The van der Waals surface area contributed by atoms with Crippen molar-refractivity contribution in [3.63, 3.8) is 0 Å². The molecule has 1 aromatic heterocycles. The lowest BCUT2D eigenvalue weighted by Crippen LogP contribution is -2.30. The van der Waals surface area contributed by atoms with E-state index in [1.165, 1.54) is 0 Å². The minimum atomic E-state index is -1.26. The third-order valence-electron chi connectivity index (χ3n) is 4.01. The Kier molecular flexibility index (Phi) is 4.62. The van der Waals surface area contributed by atoms with Gasteiger partial charge in [0.2, 0.25) is 0 Å². The summed E-state index contributed by atoms with van der Waals surface area (Å²) >= 11 is 0. The Morgan fingerprint density at radius 1 is 1.04 bits per heavy atom. The van der Waals surface area contributed by atoms with Crippen LogP contribution in [-0.4, -0.2) is 14.8 Å². The summed E-state index contributed by atoms with van der Waals surface area (Å²) in [7, 11) is 1.69. The number of nitrogens with zero attached hydrogens (tertiary/aromatic N) is 4. The van der Waals surface area contributed by atoms with E-state index >= 15 is 0 Å². The first-order chi connectivity index (χ1) is 12.7. The predicted molar refractivity (Wildman–Crippen MR) is 91.1 cm³/mol. The van der Waals surface area contributed by atoms with E-state index in [1.807, 2.05) is 6.07 Å². The van der Waals surface area contributed by atoms with Gasteiger partial charge in [-0.3, -0.25) is 0 Å². The summed E-state index contributed by atoms with van der Waals surface area (Å²) in [5, 5.41) is 17.1. The molecule has 0 fully saturated rings. The van der Waals surface area contributed by atoms with Gasteiger partial charge in [-0.15, -0.1) is 10.2 Å². The van der Waals surface area contributed by atoms with E-state index in [-0.39, 0.29) is 0 Å². The van der Waals surface area contributed by atoms with E-state index in [0.29, 0.717) is 34.9 Å². The number of aromatic nitrogens is 3. The molecule has 0 saturated carbocycles. The molecule has 2 aromatic carbocycles. The summed E-state index contributed by atoms with van der Waals surface area (Å²) in [6.45, 7) is 3.14. The Labute approximate surface area is 153 Å². The molecule has 3 aromatic rings. The van der Waals surface area contributed by atoms with E-state index in [1.54, 1.807) is 49.7 Å². The van der Waals surface area contributed by atoms with Crippen molar-refractivity contribution in [2.75, 3.05) is 0 Å². The van der Waals surface area contributed by atoms with Gasteiger partial charge in [0.05, 0.1) is 11.6 Å². The number of nitriles is 1. The molecule has 0 radical (unpaired) electrons. The molecule has 5 nitrogen and oxygen atoms in total. The van der Waals surface area contributed by atoms with Crippen LogP contribution < -0.4 is 4.74 Å². The second-order valence-electron chi connectivity index (χ2n) is 6.41. The lowest BCUT2D eigenvalue weighted by molar-refractivity contribution is 0.0833. The van der Waals surface area contributed by atoms with E-state index in [2.05, 4.69) is 10.2 Å². The first-order valence-corrected chi connectivity index (χ1v) is 7.97. The van der Waals surface area contributed by atoms with Gasteiger partial charge in [0, 0.05) is 24.7 Å². The minimum absolute atomic E-state index is 0.310. The maximum absolute atomic E-state index is 13.9. The second-order valence-corrected chi connectivity index (χ2v) is 6.41. The third kappa shape index (κ3) is 3.49. The highest BCUT2D eigenvalue weighted by molar-refractivity contribution is 5.57. The summed E-state index contributed by atoms with van der Waals surface area (Å²) in [4.78, 5) is 0. The first-order valence-electron chi connectivity index (χ1n) is 7.97. The number of hydrogen-bond donors (Lipinski definition) is 0. The molecule has 0 saturated heterocycles. The maximum Gasteiger partial charge on any atom is 0.192 e. The van der Waals surface area contributed by atoms with Crippen LogP contribution in [0.5, 0.6) is 5.75 Å². The molecule has 0 bridgehead atoms. The van der Waals surface area contributed by atoms with Gasteiger partial charge in [-0.1, -0.05) is 0 Å². The molecule has 0 amide bonds. The number of ether oxygens (including phenoxy) is 1.